The molecule has 0 aliphatic carbocycles. The Hall–Kier alpha value is -3.20. The molecule has 1 aromatic heterocycles. The van der Waals surface area contributed by atoms with Crippen LogP contribution in [0.4, 0.5) is 10.5 Å². The van der Waals surface area contributed by atoms with E-state index in [0.717, 1.165) is 16.7 Å². The number of para-hydroxylation sites is 2. The van der Waals surface area contributed by atoms with Crippen molar-refractivity contribution in [3.8, 4) is 0 Å². The molecule has 0 unspecified atom stereocenters. The van der Waals surface area contributed by atoms with Gasteiger partial charge in [0.25, 0.3) is 11.1 Å². The second-order valence-electron chi connectivity index (χ2n) is 6.60. The second-order valence-corrected chi connectivity index (χ2v) is 8.34. The van der Waals surface area contributed by atoms with E-state index in [-0.39, 0.29) is 0 Å². The molecule has 4 rings (SSSR count). The van der Waals surface area contributed by atoms with E-state index in [1.807, 2.05) is 36.4 Å². The number of hydrogen-bond acceptors (Lipinski definition) is 5. The van der Waals surface area contributed by atoms with Gasteiger partial charge in [0.15, 0.2) is 5.58 Å². The summed E-state index contributed by atoms with van der Waals surface area (Å²) in [6.45, 7) is 0. The maximum atomic E-state index is 12.3. The Kier molecular flexibility index (Phi) is 6.84. The third kappa shape index (κ3) is 5.53. The van der Waals surface area contributed by atoms with E-state index in [0.29, 0.717) is 32.3 Å². The van der Waals surface area contributed by atoms with Crippen LogP contribution < -0.4 is 16.2 Å². The summed E-state index contributed by atoms with van der Waals surface area (Å²) in [6.07, 6.45) is 0. The van der Waals surface area contributed by atoms with Crippen molar-refractivity contribution in [1.82, 2.24) is 15.8 Å². The number of thioether (sulfide) groups is 1. The molecule has 0 radical (unpaired) electrons. The minimum Gasteiger partial charge on any atom is -0.431 e. The third-order valence-corrected chi connectivity index (χ3v) is 5.96. The third-order valence-electron chi connectivity index (χ3n) is 4.32. The van der Waals surface area contributed by atoms with Crippen molar-refractivity contribution in [3.05, 3.63) is 87.9 Å². The lowest BCUT2D eigenvalue weighted by Gasteiger charge is -2.10. The van der Waals surface area contributed by atoms with Crippen LogP contribution in [0.2, 0.25) is 10.0 Å². The molecule has 3 amide bonds. The van der Waals surface area contributed by atoms with Crippen LogP contribution in [-0.4, -0.2) is 16.9 Å². The largest absolute Gasteiger partial charge is 0.431 e. The van der Waals surface area contributed by atoms with Gasteiger partial charge in [-0.15, -0.1) is 0 Å². The minimum absolute atomic E-state index is 0.308. The zero-order valence-electron chi connectivity index (χ0n) is 16.4. The summed E-state index contributed by atoms with van der Waals surface area (Å²) in [7, 11) is 0. The van der Waals surface area contributed by atoms with Gasteiger partial charge in [-0.3, -0.25) is 10.2 Å². The number of anilines is 1. The van der Waals surface area contributed by atoms with Crippen molar-refractivity contribution in [2.75, 3.05) is 5.32 Å². The van der Waals surface area contributed by atoms with E-state index in [2.05, 4.69) is 21.2 Å². The molecule has 0 atom stereocenters. The van der Waals surface area contributed by atoms with Gasteiger partial charge in [0.1, 0.15) is 5.52 Å². The van der Waals surface area contributed by atoms with Gasteiger partial charge in [-0.25, -0.2) is 15.2 Å². The normalized spacial score (nSPS) is 10.7. The molecule has 1 heterocycles. The van der Waals surface area contributed by atoms with Gasteiger partial charge in [-0.2, -0.15) is 0 Å². The Bertz CT molecular complexity index is 1240. The van der Waals surface area contributed by atoms with Gasteiger partial charge in [-0.05, 0) is 48.0 Å². The number of urea groups is 1. The van der Waals surface area contributed by atoms with Crippen molar-refractivity contribution in [3.63, 3.8) is 0 Å². The quantitative estimate of drug-likeness (QED) is 0.241. The van der Waals surface area contributed by atoms with E-state index in [1.165, 1.54) is 17.8 Å². The zero-order chi connectivity index (χ0) is 22.5. The summed E-state index contributed by atoms with van der Waals surface area (Å²) in [5.74, 6) is 0.186. The van der Waals surface area contributed by atoms with Gasteiger partial charge in [0, 0.05) is 17.0 Å². The second kappa shape index (κ2) is 9.95. The predicted octanol–water partition coefficient (Wildman–Crippen LogP) is 5.89. The Labute approximate surface area is 197 Å². The van der Waals surface area contributed by atoms with Crippen molar-refractivity contribution < 1.29 is 14.0 Å². The number of amides is 3. The van der Waals surface area contributed by atoms with Crippen LogP contribution in [0.3, 0.4) is 0 Å². The first-order valence-corrected chi connectivity index (χ1v) is 11.1. The Morgan fingerprint density at radius 2 is 1.72 bits per heavy atom. The number of benzene rings is 3. The van der Waals surface area contributed by atoms with Crippen LogP contribution in [0.1, 0.15) is 15.9 Å². The first-order chi connectivity index (χ1) is 15.5. The van der Waals surface area contributed by atoms with E-state index >= 15 is 0 Å². The highest BCUT2D eigenvalue weighted by atomic mass is 35.5. The van der Waals surface area contributed by atoms with E-state index in [4.69, 9.17) is 27.6 Å². The molecule has 7 nitrogen and oxygen atoms in total. The summed E-state index contributed by atoms with van der Waals surface area (Å²) < 4.78 is 5.69. The molecule has 4 aromatic rings. The molecule has 0 aliphatic rings. The molecular weight excluding hydrogens is 471 g/mol. The number of oxazole rings is 1. The summed E-state index contributed by atoms with van der Waals surface area (Å²) in [6, 6.07) is 18.6. The molecule has 0 saturated carbocycles. The highest BCUT2D eigenvalue weighted by Gasteiger charge is 2.10. The van der Waals surface area contributed by atoms with Crippen molar-refractivity contribution >= 4 is 63.7 Å². The van der Waals surface area contributed by atoms with Crippen LogP contribution >= 0.6 is 35.0 Å². The zero-order valence-corrected chi connectivity index (χ0v) is 18.7. The number of carbonyl (C=O) groups is 2. The number of rotatable bonds is 5. The maximum Gasteiger partial charge on any atom is 0.337 e. The van der Waals surface area contributed by atoms with Gasteiger partial charge >= 0.3 is 6.03 Å². The van der Waals surface area contributed by atoms with Gasteiger partial charge < -0.3 is 9.73 Å². The molecule has 32 heavy (non-hydrogen) atoms. The summed E-state index contributed by atoms with van der Waals surface area (Å²) in [5.41, 5.74) is 8.03. The Morgan fingerprint density at radius 1 is 0.938 bits per heavy atom. The number of carbonyl (C=O) groups excluding carboxylic acids is 2. The number of aromatic nitrogens is 1. The molecule has 0 fully saturated rings. The highest BCUT2D eigenvalue weighted by Crippen LogP contribution is 2.26. The number of nitrogens with one attached hydrogen (secondary N) is 3. The number of hydrazine groups is 1. The molecule has 0 saturated heterocycles. The fourth-order valence-electron chi connectivity index (χ4n) is 2.73. The fourth-order valence-corrected chi connectivity index (χ4v) is 3.82. The Morgan fingerprint density at radius 3 is 2.47 bits per heavy atom. The van der Waals surface area contributed by atoms with Crippen molar-refractivity contribution in [2.45, 2.75) is 11.0 Å². The number of nitrogens with zero attached hydrogens (tertiary/aromatic N) is 1. The Balaban J connectivity index is 1.26. The van der Waals surface area contributed by atoms with Gasteiger partial charge in [-0.1, -0.05) is 59.2 Å². The number of fused-ring (bicyclic) bond motifs is 1. The topological polar surface area (TPSA) is 96.3 Å². The number of hydrogen-bond donors (Lipinski definition) is 3. The minimum atomic E-state index is -0.622. The van der Waals surface area contributed by atoms with Crippen molar-refractivity contribution in [2.24, 2.45) is 0 Å². The molecular formula is C22H16Cl2N4O3S. The molecule has 0 spiro atoms. The van der Waals surface area contributed by atoms with E-state index < -0.39 is 11.9 Å². The van der Waals surface area contributed by atoms with Gasteiger partial charge in [0.2, 0.25) is 0 Å². The van der Waals surface area contributed by atoms with Gasteiger partial charge in [0.05, 0.1) is 10.0 Å². The van der Waals surface area contributed by atoms with Crippen LogP contribution in [-0.2, 0) is 5.75 Å². The van der Waals surface area contributed by atoms with Crippen LogP contribution in [0.25, 0.3) is 11.1 Å². The predicted molar refractivity (Wildman–Crippen MR) is 126 cm³/mol. The maximum absolute atomic E-state index is 12.3. The lowest BCUT2D eigenvalue weighted by Crippen LogP contribution is -2.43. The first-order valence-electron chi connectivity index (χ1n) is 9.37. The lowest BCUT2D eigenvalue weighted by molar-refractivity contribution is 0.0938. The van der Waals surface area contributed by atoms with Crippen LogP contribution in [0, 0.1) is 0 Å². The highest BCUT2D eigenvalue weighted by molar-refractivity contribution is 7.98. The summed E-state index contributed by atoms with van der Waals surface area (Å²) >= 11 is 13.2. The lowest BCUT2D eigenvalue weighted by atomic mass is 10.1. The average Bonchev–Trinajstić information content (AvgIpc) is 3.22. The first kappa shape index (κ1) is 22.0. The standard InChI is InChI=1S/C22H16Cl2N4O3S/c23-16-10-9-15(11-17(16)24)25-21(30)28-27-20(29)14-7-5-13(6-8-14)12-32-22-26-18-3-1-2-4-19(18)31-22/h1-11H,12H2,(H,27,29)(H2,25,28,30). The fraction of sp³-hybridized carbons (Fsp3) is 0.0455. The average molecular weight is 487 g/mol. The molecule has 162 valence electrons. The summed E-state index contributed by atoms with van der Waals surface area (Å²) in [4.78, 5) is 28.6. The van der Waals surface area contributed by atoms with E-state index in [9.17, 15) is 9.59 Å². The number of halogens is 2. The monoisotopic (exact) mass is 486 g/mol. The molecule has 3 N–H and O–H groups in total. The smallest absolute Gasteiger partial charge is 0.337 e. The summed E-state index contributed by atoms with van der Waals surface area (Å²) in [5, 5.41) is 3.82. The van der Waals surface area contributed by atoms with Crippen LogP contribution in [0.15, 0.2) is 76.4 Å². The molecule has 0 aliphatic heterocycles. The van der Waals surface area contributed by atoms with Crippen LogP contribution in [0.5, 0.6) is 0 Å². The van der Waals surface area contributed by atoms with Crippen molar-refractivity contribution in [1.29, 1.82) is 0 Å². The molecule has 3 aromatic carbocycles. The SMILES string of the molecule is O=C(NNC(=O)c1ccc(CSc2nc3ccccc3o2)cc1)Nc1ccc(Cl)c(Cl)c1. The molecule has 0 bridgehead atoms. The van der Waals surface area contributed by atoms with E-state index in [1.54, 1.807) is 24.3 Å². The molecule has 10 heteroatoms.